The van der Waals surface area contributed by atoms with Crippen molar-refractivity contribution in [3.63, 3.8) is 0 Å². The number of nitrogens with one attached hydrogen (secondary N) is 1. The summed E-state index contributed by atoms with van der Waals surface area (Å²) in [5.74, 6) is -2.23. The molecule has 0 radical (unpaired) electrons. The number of carbonyl (C=O) groups excluding carboxylic acids is 1. The van der Waals surface area contributed by atoms with Gasteiger partial charge >= 0.3 is 5.97 Å². The average Bonchev–Trinajstić information content (AvgIpc) is 2.62. The number of hydrogen-bond acceptors (Lipinski definition) is 4. The first-order valence-corrected chi connectivity index (χ1v) is 11.0. The van der Waals surface area contributed by atoms with Crippen LogP contribution in [0, 0.1) is 17.6 Å². The van der Waals surface area contributed by atoms with Crippen LogP contribution in [0.5, 0.6) is 0 Å². The van der Waals surface area contributed by atoms with E-state index in [0.29, 0.717) is 28.7 Å². The summed E-state index contributed by atoms with van der Waals surface area (Å²) in [4.78, 5) is 25.4. The van der Waals surface area contributed by atoms with Crippen LogP contribution in [0.25, 0.3) is 0 Å². The molecule has 2 atom stereocenters. The summed E-state index contributed by atoms with van der Waals surface area (Å²) < 4.78 is 27.6. The van der Waals surface area contributed by atoms with E-state index >= 15 is 0 Å². The molecule has 10 heteroatoms. The maximum Gasteiger partial charge on any atom is 0.326 e. The zero-order chi connectivity index (χ0) is 23.7. The van der Waals surface area contributed by atoms with Crippen molar-refractivity contribution in [1.82, 2.24) is 10.3 Å². The van der Waals surface area contributed by atoms with E-state index in [4.69, 9.17) is 10.8 Å². The fourth-order valence-corrected chi connectivity index (χ4v) is 3.55. The molecule has 0 fully saturated rings. The molecule has 2 rings (SSSR count). The summed E-state index contributed by atoms with van der Waals surface area (Å²) in [5, 5.41) is 11.0. The number of benzene rings is 1. The molecule has 31 heavy (non-hydrogen) atoms. The second-order valence-electron chi connectivity index (χ2n) is 7.31. The molecule has 0 saturated heterocycles. The lowest BCUT2D eigenvalue weighted by Gasteiger charge is -2.14. The molecule has 2 aromatic rings. The highest BCUT2D eigenvalue weighted by Gasteiger charge is 2.19. The van der Waals surface area contributed by atoms with E-state index in [1.807, 2.05) is 19.9 Å². The lowest BCUT2D eigenvalue weighted by molar-refractivity contribution is -0.142. The van der Waals surface area contributed by atoms with Gasteiger partial charge in [-0.05, 0) is 80.4 Å². The average molecular weight is 565 g/mol. The fourth-order valence-electron chi connectivity index (χ4n) is 2.71. The van der Waals surface area contributed by atoms with Gasteiger partial charge in [-0.3, -0.25) is 4.79 Å². The minimum Gasteiger partial charge on any atom is -0.480 e. The number of hydrogen-bond donors (Lipinski definition) is 3. The number of nitrogens with two attached hydrogens (primary N) is 1. The topological polar surface area (TPSA) is 105 Å². The Morgan fingerprint density at radius 3 is 2.23 bits per heavy atom. The minimum atomic E-state index is -0.973. The molecule has 4 N–H and O–H groups in total. The molecule has 1 heterocycles. The Morgan fingerprint density at radius 2 is 1.74 bits per heavy atom. The minimum absolute atomic E-state index is 0.262. The van der Waals surface area contributed by atoms with Crippen LogP contribution >= 0.6 is 31.9 Å². The van der Waals surface area contributed by atoms with Crippen LogP contribution in [0.2, 0.25) is 0 Å². The fraction of sp³-hybridized carbons (Fsp3) is 0.381. The highest BCUT2D eigenvalue weighted by molar-refractivity contribution is 9.11. The number of aromatic nitrogens is 1. The van der Waals surface area contributed by atoms with E-state index < -0.39 is 29.7 Å². The highest BCUT2D eigenvalue weighted by atomic mass is 79.9. The maximum atomic E-state index is 13.1. The molecule has 1 aromatic heterocycles. The molecule has 6 nitrogen and oxygen atoms in total. The molecule has 0 spiro atoms. The molecule has 170 valence electrons. The van der Waals surface area contributed by atoms with E-state index in [9.17, 15) is 18.4 Å². The first-order valence-electron chi connectivity index (χ1n) is 9.41. The molecule has 0 aliphatic rings. The van der Waals surface area contributed by atoms with Crippen molar-refractivity contribution >= 4 is 43.7 Å². The highest BCUT2D eigenvalue weighted by Crippen LogP contribution is 2.25. The van der Waals surface area contributed by atoms with Crippen LogP contribution in [-0.2, 0) is 16.0 Å². The SMILES string of the molecule is CC(=O)N[C@@H](CC(C)C)C(=O)O.N[C@@H](Cc1cc(F)cc(F)c1)c1nc(Br)ccc1Br. The van der Waals surface area contributed by atoms with Gasteiger partial charge in [0.05, 0.1) is 11.7 Å². The van der Waals surface area contributed by atoms with Crippen molar-refractivity contribution in [2.45, 2.75) is 45.7 Å². The molecule has 0 bridgehead atoms. The summed E-state index contributed by atoms with van der Waals surface area (Å²) >= 11 is 6.63. The number of rotatable bonds is 7. The Balaban J connectivity index is 0.000000348. The number of aliphatic carboxylic acids is 1. The van der Waals surface area contributed by atoms with E-state index in [1.54, 1.807) is 6.07 Å². The zero-order valence-corrected chi connectivity index (χ0v) is 20.5. The molecular formula is C21H25Br2F2N3O3. The van der Waals surface area contributed by atoms with Crippen LogP contribution in [0.1, 0.15) is 44.5 Å². The summed E-state index contributed by atoms with van der Waals surface area (Å²) in [6.45, 7) is 5.14. The van der Waals surface area contributed by atoms with Gasteiger partial charge in [-0.1, -0.05) is 13.8 Å². The predicted molar refractivity (Wildman–Crippen MR) is 121 cm³/mol. The van der Waals surface area contributed by atoms with E-state index in [0.717, 1.165) is 10.5 Å². The van der Waals surface area contributed by atoms with Gasteiger partial charge in [0, 0.05) is 17.5 Å². The van der Waals surface area contributed by atoms with Crippen molar-refractivity contribution in [3.05, 3.63) is 62.3 Å². The Kier molecular flexibility index (Phi) is 11.2. The normalized spacial score (nSPS) is 12.5. The summed E-state index contributed by atoms with van der Waals surface area (Å²) in [6, 6.07) is 5.78. The van der Waals surface area contributed by atoms with Crippen LogP contribution in [0.3, 0.4) is 0 Å². The first kappa shape index (κ1) is 27.1. The standard InChI is InChI=1S/C13H10Br2F2N2.C8H15NO3/c14-10-1-2-12(15)19-13(10)11(18)5-7-3-8(16)6-9(17)4-7;1-5(2)4-7(8(11)12)9-6(3)10/h1-4,6,11H,5,18H2;5,7H,4H2,1-3H3,(H,9,10)(H,11,12)/t11-;7-/m00/s1. The third-order valence-electron chi connectivity index (χ3n) is 3.95. The number of carboxylic acid groups (broad SMARTS) is 1. The van der Waals surface area contributed by atoms with E-state index in [2.05, 4.69) is 42.2 Å². The number of pyridine rings is 1. The Morgan fingerprint density at radius 1 is 1.16 bits per heavy atom. The zero-order valence-electron chi connectivity index (χ0n) is 17.3. The molecule has 1 amide bonds. The van der Waals surface area contributed by atoms with Gasteiger partial charge in [-0.25, -0.2) is 18.6 Å². The second-order valence-corrected chi connectivity index (χ2v) is 8.98. The third kappa shape index (κ3) is 10.3. The molecule has 0 aliphatic heterocycles. The third-order valence-corrected chi connectivity index (χ3v) is 5.06. The Hall–Kier alpha value is -1.91. The number of halogens is 4. The summed E-state index contributed by atoms with van der Waals surface area (Å²) in [7, 11) is 0. The quantitative estimate of drug-likeness (QED) is 0.421. The Bertz CT molecular complexity index is 893. The monoisotopic (exact) mass is 563 g/mol. The second kappa shape index (κ2) is 12.8. The van der Waals surface area contributed by atoms with Gasteiger partial charge in [0.2, 0.25) is 5.91 Å². The molecule has 1 aromatic carbocycles. The summed E-state index contributed by atoms with van der Waals surface area (Å²) in [5.41, 5.74) is 7.18. The smallest absolute Gasteiger partial charge is 0.326 e. The van der Waals surface area contributed by atoms with Gasteiger partial charge in [0.15, 0.2) is 0 Å². The van der Waals surface area contributed by atoms with Gasteiger partial charge in [-0.15, -0.1) is 0 Å². The molecule has 0 aliphatic carbocycles. The number of amides is 1. The largest absolute Gasteiger partial charge is 0.480 e. The van der Waals surface area contributed by atoms with Crippen molar-refractivity contribution < 1.29 is 23.5 Å². The number of nitrogens with zero attached hydrogens (tertiary/aromatic N) is 1. The van der Waals surface area contributed by atoms with Crippen LogP contribution < -0.4 is 11.1 Å². The maximum absolute atomic E-state index is 13.1. The van der Waals surface area contributed by atoms with Gasteiger partial charge < -0.3 is 16.2 Å². The predicted octanol–water partition coefficient (Wildman–Crippen LogP) is 4.75. The lowest BCUT2D eigenvalue weighted by atomic mass is 10.0. The van der Waals surface area contributed by atoms with E-state index in [-0.39, 0.29) is 11.8 Å². The molecule has 0 saturated carbocycles. The number of carbonyl (C=O) groups is 2. The van der Waals surface area contributed by atoms with Crippen molar-refractivity contribution in [2.75, 3.05) is 0 Å². The van der Waals surface area contributed by atoms with Crippen LogP contribution in [0.15, 0.2) is 39.4 Å². The number of carboxylic acids is 1. The summed E-state index contributed by atoms with van der Waals surface area (Å²) in [6.07, 6.45) is 0.769. The lowest BCUT2D eigenvalue weighted by Crippen LogP contribution is -2.40. The van der Waals surface area contributed by atoms with Gasteiger partial charge in [0.25, 0.3) is 0 Å². The van der Waals surface area contributed by atoms with Gasteiger partial charge in [0.1, 0.15) is 22.3 Å². The Labute approximate surface area is 196 Å². The van der Waals surface area contributed by atoms with Crippen molar-refractivity contribution in [1.29, 1.82) is 0 Å². The molecular weight excluding hydrogens is 540 g/mol. The van der Waals surface area contributed by atoms with Crippen LogP contribution in [0.4, 0.5) is 8.78 Å². The first-order chi connectivity index (χ1) is 14.4. The van der Waals surface area contributed by atoms with Crippen molar-refractivity contribution in [2.24, 2.45) is 11.7 Å². The van der Waals surface area contributed by atoms with Gasteiger partial charge in [-0.2, -0.15) is 0 Å². The van der Waals surface area contributed by atoms with E-state index in [1.165, 1.54) is 19.1 Å². The van der Waals surface area contributed by atoms with Crippen molar-refractivity contribution in [3.8, 4) is 0 Å². The molecule has 0 unspecified atom stereocenters. The van der Waals surface area contributed by atoms with Crippen LogP contribution in [-0.4, -0.2) is 28.0 Å².